The lowest BCUT2D eigenvalue weighted by atomic mass is 9.90. The van der Waals surface area contributed by atoms with Gasteiger partial charge in [0.25, 0.3) is 0 Å². The predicted molar refractivity (Wildman–Crippen MR) is 106 cm³/mol. The molecular formula is C23H25NO5. The van der Waals surface area contributed by atoms with Gasteiger partial charge < -0.3 is 23.8 Å². The van der Waals surface area contributed by atoms with Crippen LogP contribution in [-0.2, 0) is 29.3 Å². The van der Waals surface area contributed by atoms with E-state index in [0.29, 0.717) is 26.4 Å². The summed E-state index contributed by atoms with van der Waals surface area (Å²) in [4.78, 5) is 6.10. The van der Waals surface area contributed by atoms with Gasteiger partial charge in [-0.1, -0.05) is 48.5 Å². The number of likely N-dealkylation sites (N-methyl/N-ethyl adjacent to an activating group) is 1. The van der Waals surface area contributed by atoms with Crippen LogP contribution < -0.4 is 0 Å². The Kier molecular flexibility index (Phi) is 4.89. The molecule has 0 spiro atoms. The lowest BCUT2D eigenvalue weighted by Crippen LogP contribution is -2.34. The van der Waals surface area contributed by atoms with Crippen molar-refractivity contribution in [3.8, 4) is 0 Å². The number of hydrogen-bond donors (Lipinski definition) is 0. The first-order valence-corrected chi connectivity index (χ1v) is 9.95. The van der Waals surface area contributed by atoms with Crippen LogP contribution >= 0.6 is 0 Å². The highest BCUT2D eigenvalue weighted by molar-refractivity contribution is 5.64. The fourth-order valence-corrected chi connectivity index (χ4v) is 3.90. The minimum Gasteiger partial charge on any atom is -0.405 e. The van der Waals surface area contributed by atoms with Gasteiger partial charge in [0.2, 0.25) is 0 Å². The molecule has 5 rings (SSSR count). The zero-order chi connectivity index (χ0) is 19.8. The van der Waals surface area contributed by atoms with Crippen LogP contribution in [0.15, 0.2) is 54.6 Å². The topological polar surface area (TPSA) is 49.4 Å². The third-order valence-electron chi connectivity index (χ3n) is 5.78. The number of ether oxygens (including phenoxy) is 4. The number of benzene rings is 2. The molecule has 0 N–H and O–H groups in total. The summed E-state index contributed by atoms with van der Waals surface area (Å²) in [5.74, 6) is 0.835. The van der Waals surface area contributed by atoms with E-state index in [1.807, 2.05) is 36.4 Å². The van der Waals surface area contributed by atoms with Gasteiger partial charge in [-0.15, -0.1) is 5.06 Å². The second-order valence-corrected chi connectivity index (χ2v) is 7.64. The van der Waals surface area contributed by atoms with Crippen molar-refractivity contribution in [3.63, 3.8) is 0 Å². The molecule has 0 amide bonds. The summed E-state index contributed by atoms with van der Waals surface area (Å²) >= 11 is 0. The van der Waals surface area contributed by atoms with E-state index in [2.05, 4.69) is 37.3 Å². The first kappa shape index (κ1) is 18.8. The average Bonchev–Trinajstić information content (AvgIpc) is 3.51. The van der Waals surface area contributed by atoms with Crippen molar-refractivity contribution in [2.24, 2.45) is 0 Å². The predicted octanol–water partition coefficient (Wildman–Crippen LogP) is 3.91. The van der Waals surface area contributed by atoms with Crippen LogP contribution in [0.4, 0.5) is 0 Å². The van der Waals surface area contributed by atoms with Crippen molar-refractivity contribution >= 4 is 5.76 Å². The molecule has 6 nitrogen and oxygen atoms in total. The highest BCUT2D eigenvalue weighted by Gasteiger charge is 2.38. The number of hydroxylamine groups is 2. The summed E-state index contributed by atoms with van der Waals surface area (Å²) in [6, 6.07) is 16.5. The average molecular weight is 395 g/mol. The minimum absolute atomic E-state index is 0.258. The molecule has 0 radical (unpaired) electrons. The van der Waals surface area contributed by atoms with Crippen molar-refractivity contribution in [2.45, 2.75) is 25.0 Å². The Labute approximate surface area is 170 Å². The van der Waals surface area contributed by atoms with Crippen molar-refractivity contribution < 1.29 is 23.8 Å². The van der Waals surface area contributed by atoms with Gasteiger partial charge in [-0.25, -0.2) is 0 Å². The van der Waals surface area contributed by atoms with E-state index < -0.39 is 0 Å². The third kappa shape index (κ3) is 3.47. The maximum absolute atomic E-state index is 6.10. The van der Waals surface area contributed by atoms with Crippen molar-refractivity contribution in [1.29, 1.82) is 0 Å². The Hall–Kier alpha value is -2.22. The molecule has 3 heterocycles. The minimum atomic E-state index is -0.373. The summed E-state index contributed by atoms with van der Waals surface area (Å²) in [5, 5.41) is 1.89. The molecule has 0 saturated carbocycles. The fourth-order valence-electron chi connectivity index (χ4n) is 3.90. The SMILES string of the molecule is CN1OC(c2ccc(C3OCCO3)cc2)=CC1(C)c1ccc(C2OCCO2)cc1. The lowest BCUT2D eigenvalue weighted by molar-refractivity contribution is -0.105. The Balaban J connectivity index is 1.37. The van der Waals surface area contributed by atoms with Gasteiger partial charge in [0.15, 0.2) is 18.3 Å². The standard InChI is InChI=1S/C23H25NO5/c1-23(19-9-7-18(8-10-19)22-27-13-14-28-22)15-20(29-24(23)2)16-3-5-17(6-4-16)21-25-11-12-26-21/h3-10,15,21-22H,11-14H2,1-2H3. The first-order valence-electron chi connectivity index (χ1n) is 9.95. The molecular weight excluding hydrogens is 370 g/mol. The Morgan fingerprint density at radius 3 is 1.76 bits per heavy atom. The largest absolute Gasteiger partial charge is 0.405 e. The summed E-state index contributed by atoms with van der Waals surface area (Å²) in [7, 11) is 1.95. The van der Waals surface area contributed by atoms with E-state index in [4.69, 9.17) is 23.8 Å². The Morgan fingerprint density at radius 1 is 0.759 bits per heavy atom. The van der Waals surface area contributed by atoms with Gasteiger partial charge >= 0.3 is 0 Å². The summed E-state index contributed by atoms with van der Waals surface area (Å²) in [5.41, 5.74) is 3.84. The first-order chi connectivity index (χ1) is 14.1. The zero-order valence-electron chi connectivity index (χ0n) is 16.7. The molecule has 2 fully saturated rings. The van der Waals surface area contributed by atoms with Gasteiger partial charge in [-0.3, -0.25) is 0 Å². The summed E-state index contributed by atoms with van der Waals surface area (Å²) in [6.45, 7) is 4.71. The molecule has 152 valence electrons. The van der Waals surface area contributed by atoms with Crippen LogP contribution in [-0.4, -0.2) is 38.5 Å². The summed E-state index contributed by atoms with van der Waals surface area (Å²) in [6.07, 6.45) is 1.64. The fraction of sp³-hybridized carbons (Fsp3) is 0.391. The molecule has 0 aromatic heterocycles. The second-order valence-electron chi connectivity index (χ2n) is 7.64. The van der Waals surface area contributed by atoms with Gasteiger partial charge in [0.1, 0.15) is 5.54 Å². The lowest BCUT2D eigenvalue weighted by Gasteiger charge is -2.29. The van der Waals surface area contributed by atoms with Crippen molar-refractivity contribution in [2.75, 3.05) is 33.5 Å². The number of nitrogens with zero attached hydrogens (tertiary/aromatic N) is 1. The van der Waals surface area contributed by atoms with Crippen LogP contribution in [0.3, 0.4) is 0 Å². The van der Waals surface area contributed by atoms with Crippen molar-refractivity contribution in [1.82, 2.24) is 5.06 Å². The molecule has 2 aromatic carbocycles. The van der Waals surface area contributed by atoms with E-state index in [1.165, 1.54) is 0 Å². The number of rotatable bonds is 4. The van der Waals surface area contributed by atoms with E-state index >= 15 is 0 Å². The van der Waals surface area contributed by atoms with Gasteiger partial charge in [-0.05, 0) is 18.6 Å². The molecule has 2 aromatic rings. The van der Waals surface area contributed by atoms with Crippen LogP contribution in [0.2, 0.25) is 0 Å². The maximum Gasteiger partial charge on any atom is 0.184 e. The van der Waals surface area contributed by atoms with Gasteiger partial charge in [0.05, 0.1) is 26.4 Å². The van der Waals surface area contributed by atoms with Gasteiger partial charge in [-0.2, -0.15) is 0 Å². The van der Waals surface area contributed by atoms with Crippen LogP contribution in [0.25, 0.3) is 5.76 Å². The van der Waals surface area contributed by atoms with E-state index in [0.717, 1.165) is 28.0 Å². The maximum atomic E-state index is 6.10. The molecule has 0 aliphatic carbocycles. The second kappa shape index (κ2) is 7.55. The summed E-state index contributed by atoms with van der Waals surface area (Å²) < 4.78 is 22.3. The zero-order valence-corrected chi connectivity index (χ0v) is 16.7. The smallest absolute Gasteiger partial charge is 0.184 e. The molecule has 0 bridgehead atoms. The normalized spacial score (nSPS) is 26.1. The van der Waals surface area contributed by atoms with Crippen LogP contribution in [0.5, 0.6) is 0 Å². The van der Waals surface area contributed by atoms with E-state index in [1.54, 1.807) is 0 Å². The Morgan fingerprint density at radius 2 is 1.24 bits per heavy atom. The van der Waals surface area contributed by atoms with Crippen LogP contribution in [0.1, 0.15) is 41.8 Å². The molecule has 2 saturated heterocycles. The van der Waals surface area contributed by atoms with Gasteiger partial charge in [0, 0.05) is 23.7 Å². The molecule has 1 unspecified atom stereocenters. The highest BCUT2D eigenvalue weighted by Crippen LogP contribution is 2.40. The third-order valence-corrected chi connectivity index (χ3v) is 5.78. The molecule has 29 heavy (non-hydrogen) atoms. The van der Waals surface area contributed by atoms with E-state index in [-0.39, 0.29) is 18.1 Å². The molecule has 6 heteroatoms. The molecule has 3 aliphatic heterocycles. The quantitative estimate of drug-likeness (QED) is 0.782. The van der Waals surface area contributed by atoms with E-state index in [9.17, 15) is 0 Å². The number of hydrogen-bond acceptors (Lipinski definition) is 6. The highest BCUT2D eigenvalue weighted by atomic mass is 16.7. The molecule has 1 atom stereocenters. The molecule has 3 aliphatic rings. The Bertz CT molecular complexity index is 882. The van der Waals surface area contributed by atoms with Crippen LogP contribution in [0, 0.1) is 0 Å². The van der Waals surface area contributed by atoms with Crippen molar-refractivity contribution in [3.05, 3.63) is 76.9 Å². The monoisotopic (exact) mass is 395 g/mol.